The van der Waals surface area contributed by atoms with Gasteiger partial charge in [0.2, 0.25) is 0 Å². The van der Waals surface area contributed by atoms with Crippen molar-refractivity contribution in [2.75, 3.05) is 0 Å². The largest absolute Gasteiger partial charge is 0.426 e. The van der Waals surface area contributed by atoms with Crippen molar-refractivity contribution in [1.82, 2.24) is 15.0 Å². The summed E-state index contributed by atoms with van der Waals surface area (Å²) in [6, 6.07) is 51.8. The third kappa shape index (κ3) is 7.62. The average Bonchev–Trinajstić information content (AvgIpc) is 3.36. The van der Waals surface area contributed by atoms with Crippen LogP contribution < -0.4 is 9.47 Å². The molecular formula is C56H38N4O4. The van der Waals surface area contributed by atoms with Gasteiger partial charge in [-0.1, -0.05) is 133 Å². The maximum absolute atomic E-state index is 14.0. The highest BCUT2D eigenvalue weighted by Crippen LogP contribution is 2.40. The number of hydrogen-bond acceptors (Lipinski definition) is 8. The van der Waals surface area contributed by atoms with E-state index in [2.05, 4.69) is 66.8 Å². The third-order valence-electron chi connectivity index (χ3n) is 11.9. The summed E-state index contributed by atoms with van der Waals surface area (Å²) in [5.74, 6) is -0.408. The molecule has 5 aromatic carbocycles. The number of allylic oxidation sites excluding steroid dienone is 4. The van der Waals surface area contributed by atoms with Gasteiger partial charge in [-0.15, -0.1) is 0 Å². The molecule has 11 rings (SSSR count). The van der Waals surface area contributed by atoms with Gasteiger partial charge in [-0.05, 0) is 95.4 Å². The topological polar surface area (TPSA) is 104 Å². The number of esters is 2. The number of rotatable bonds is 8. The molecule has 8 heteroatoms. The molecule has 0 radical (unpaired) electrons. The fourth-order valence-electron chi connectivity index (χ4n) is 8.53. The Morgan fingerprint density at radius 1 is 0.547 bits per heavy atom. The fourth-order valence-corrected chi connectivity index (χ4v) is 8.53. The SMILES string of the molecule is O=C(Oc1ccccc1)c1ccc(C2=NC3c4nc(C5=CC(C(=O)Oc6ccccc6)CC(c6ccc7ccc8ccc(-c9ccccc9)nc8c7n6)=C5)ccc4C=CC3C=C2)cc1. The first-order valence-corrected chi connectivity index (χ1v) is 21.3. The number of nitrogens with zero attached hydrogens (tertiary/aromatic N) is 4. The normalized spacial score (nSPS) is 17.4. The number of benzene rings is 5. The number of carbonyl (C=O) groups excluding carboxylic acids is 2. The smallest absolute Gasteiger partial charge is 0.343 e. The molecular weight excluding hydrogens is 793 g/mol. The number of hydrogen-bond donors (Lipinski definition) is 0. The lowest BCUT2D eigenvalue weighted by molar-refractivity contribution is -0.137. The number of fused-ring (bicyclic) bond motifs is 6. The van der Waals surface area contributed by atoms with Crippen LogP contribution in [0.5, 0.6) is 11.5 Å². The zero-order valence-electron chi connectivity index (χ0n) is 34.4. The summed E-state index contributed by atoms with van der Waals surface area (Å²) < 4.78 is 11.5. The van der Waals surface area contributed by atoms with Gasteiger partial charge in [0, 0.05) is 22.3 Å². The Morgan fingerprint density at radius 3 is 1.88 bits per heavy atom. The average molecular weight is 831 g/mol. The van der Waals surface area contributed by atoms with Crippen LogP contribution in [0.25, 0.3) is 50.3 Å². The number of ether oxygens (including phenoxy) is 2. The fraction of sp³-hybridized carbons (Fsp3) is 0.0714. The lowest BCUT2D eigenvalue weighted by Gasteiger charge is -2.28. The van der Waals surface area contributed by atoms with Crippen LogP contribution in [0.3, 0.4) is 0 Å². The van der Waals surface area contributed by atoms with Crippen molar-refractivity contribution < 1.29 is 19.1 Å². The number of pyridine rings is 3. The Hall–Kier alpha value is -8.36. The van der Waals surface area contributed by atoms with Gasteiger partial charge in [0.15, 0.2) is 0 Å². The van der Waals surface area contributed by atoms with Gasteiger partial charge >= 0.3 is 11.9 Å². The third-order valence-corrected chi connectivity index (χ3v) is 11.9. The summed E-state index contributed by atoms with van der Waals surface area (Å²) in [6.07, 6.45) is 12.9. The van der Waals surface area contributed by atoms with Crippen LogP contribution in [0.2, 0.25) is 0 Å². The minimum atomic E-state index is -0.608. The van der Waals surface area contributed by atoms with Crippen molar-refractivity contribution in [2.24, 2.45) is 16.8 Å². The molecule has 0 fully saturated rings. The highest BCUT2D eigenvalue weighted by atomic mass is 16.5. The standard InChI is InChI=1S/C56H38N4O4/c61-55(63-45-12-6-2-7-13-45)41-22-16-36(17-23-41)48-29-25-38-19-21-40-27-31-50(60-54(40)52(38)58-48)43-32-42(33-44(34-43)56(62)64-46-14-8-3-9-15-46)49-30-26-39-20-18-37-24-28-47(35-10-4-1-5-11-35)57-51(37)53(39)59-49/h1-32,34,38,44,52H,33H2. The van der Waals surface area contributed by atoms with Crippen LogP contribution in [0, 0.1) is 11.8 Å². The van der Waals surface area contributed by atoms with Crippen molar-refractivity contribution in [2.45, 2.75) is 12.5 Å². The van der Waals surface area contributed by atoms with Crippen molar-refractivity contribution in [3.05, 3.63) is 228 Å². The first-order valence-electron chi connectivity index (χ1n) is 21.3. The predicted molar refractivity (Wildman–Crippen MR) is 252 cm³/mol. The van der Waals surface area contributed by atoms with E-state index in [4.69, 9.17) is 29.4 Å². The molecule has 64 heavy (non-hydrogen) atoms. The molecule has 0 amide bonds. The summed E-state index contributed by atoms with van der Waals surface area (Å²) in [5, 5.41) is 1.97. The van der Waals surface area contributed by atoms with Gasteiger partial charge < -0.3 is 9.47 Å². The van der Waals surface area contributed by atoms with E-state index in [-0.39, 0.29) is 17.9 Å². The van der Waals surface area contributed by atoms with Crippen LogP contribution in [0.1, 0.15) is 51.0 Å². The molecule has 1 aliphatic heterocycles. The zero-order valence-corrected chi connectivity index (χ0v) is 34.4. The number of para-hydroxylation sites is 2. The number of aliphatic imine (C=N–C) groups is 1. The number of dihydropyridines is 1. The number of carbonyl (C=O) groups is 2. The van der Waals surface area contributed by atoms with Gasteiger partial charge in [-0.2, -0.15) is 0 Å². The molecule has 4 heterocycles. The molecule has 3 aliphatic rings. The minimum absolute atomic E-state index is 0.00630. The van der Waals surface area contributed by atoms with Gasteiger partial charge in [-0.3, -0.25) is 9.79 Å². The monoisotopic (exact) mass is 830 g/mol. The Morgan fingerprint density at radius 2 is 1.16 bits per heavy atom. The zero-order chi connectivity index (χ0) is 43.0. The first kappa shape index (κ1) is 38.6. The lowest BCUT2D eigenvalue weighted by Crippen LogP contribution is -2.22. The van der Waals surface area contributed by atoms with E-state index in [1.807, 2.05) is 97.1 Å². The summed E-state index contributed by atoms with van der Waals surface area (Å²) in [7, 11) is 0. The first-order chi connectivity index (χ1) is 31.5. The van der Waals surface area contributed by atoms with E-state index in [1.165, 1.54) is 0 Å². The van der Waals surface area contributed by atoms with E-state index in [0.29, 0.717) is 23.5 Å². The van der Waals surface area contributed by atoms with Gasteiger partial charge in [-0.25, -0.2) is 19.7 Å². The highest BCUT2D eigenvalue weighted by molar-refractivity contribution is 6.10. The molecule has 0 spiro atoms. The van der Waals surface area contributed by atoms with E-state index in [0.717, 1.165) is 78.1 Å². The minimum Gasteiger partial charge on any atom is -0.426 e. The van der Waals surface area contributed by atoms with E-state index < -0.39 is 11.9 Å². The van der Waals surface area contributed by atoms with Crippen LogP contribution in [0.4, 0.5) is 0 Å². The summed E-state index contributed by atoms with van der Waals surface area (Å²) in [5.41, 5.74) is 10.6. The second-order valence-electron chi connectivity index (χ2n) is 16.0. The van der Waals surface area contributed by atoms with Crippen molar-refractivity contribution in [1.29, 1.82) is 0 Å². The summed E-state index contributed by atoms with van der Waals surface area (Å²) >= 11 is 0. The molecule has 0 saturated heterocycles. The van der Waals surface area contributed by atoms with Crippen LogP contribution in [0.15, 0.2) is 199 Å². The summed E-state index contributed by atoms with van der Waals surface area (Å²) in [6.45, 7) is 0. The van der Waals surface area contributed by atoms with Crippen molar-refractivity contribution in [3.8, 4) is 22.8 Å². The second kappa shape index (κ2) is 16.5. The Labute approximate surface area is 369 Å². The summed E-state index contributed by atoms with van der Waals surface area (Å²) in [4.78, 5) is 47.8. The molecule has 3 aromatic heterocycles. The van der Waals surface area contributed by atoms with E-state index in [9.17, 15) is 9.59 Å². The van der Waals surface area contributed by atoms with Crippen molar-refractivity contribution in [3.63, 3.8) is 0 Å². The quantitative estimate of drug-likeness (QED) is 0.0853. The van der Waals surface area contributed by atoms with E-state index >= 15 is 0 Å². The molecule has 8 aromatic rings. The van der Waals surface area contributed by atoms with Gasteiger partial charge in [0.1, 0.15) is 17.5 Å². The van der Waals surface area contributed by atoms with Gasteiger partial charge in [0.05, 0.1) is 51.0 Å². The van der Waals surface area contributed by atoms with Gasteiger partial charge in [0.25, 0.3) is 0 Å². The maximum atomic E-state index is 14.0. The lowest BCUT2D eigenvalue weighted by atomic mass is 9.84. The predicted octanol–water partition coefficient (Wildman–Crippen LogP) is 11.9. The van der Waals surface area contributed by atoms with Crippen LogP contribution in [-0.2, 0) is 4.79 Å². The Kier molecular flexibility index (Phi) is 9.93. The molecule has 306 valence electrons. The highest BCUT2D eigenvalue weighted by Gasteiger charge is 2.31. The number of aromatic nitrogens is 3. The Bertz CT molecular complexity index is 3280. The van der Waals surface area contributed by atoms with Crippen molar-refractivity contribution >= 4 is 56.7 Å². The molecule has 8 nitrogen and oxygen atoms in total. The van der Waals surface area contributed by atoms with E-state index in [1.54, 1.807) is 36.4 Å². The second-order valence-corrected chi connectivity index (χ2v) is 16.0. The van der Waals surface area contributed by atoms with Crippen LogP contribution in [-0.4, -0.2) is 32.6 Å². The maximum Gasteiger partial charge on any atom is 0.343 e. The molecule has 0 saturated carbocycles. The van der Waals surface area contributed by atoms with Crippen LogP contribution >= 0.6 is 0 Å². The molecule has 2 aliphatic carbocycles. The Balaban J connectivity index is 0.944. The molecule has 0 bridgehead atoms. The molecule has 0 N–H and O–H groups in total. The molecule has 3 unspecified atom stereocenters. The molecule has 3 atom stereocenters.